The van der Waals surface area contributed by atoms with Crippen LogP contribution in [-0.2, 0) is 14.8 Å². The maximum Gasteiger partial charge on any atom is 0.237 e. The third-order valence-corrected chi connectivity index (χ3v) is 6.70. The largest absolute Gasteiger partial charge is 0.345 e. The summed E-state index contributed by atoms with van der Waals surface area (Å²) in [6, 6.07) is 7.19. The number of hydrogen-bond acceptors (Lipinski definition) is 4. The number of amides is 1. The van der Waals surface area contributed by atoms with Gasteiger partial charge in [0.25, 0.3) is 0 Å². The zero-order chi connectivity index (χ0) is 20.3. The Morgan fingerprint density at radius 2 is 1.89 bits per heavy atom. The molecule has 0 saturated heterocycles. The lowest BCUT2D eigenvalue weighted by atomic mass is 9.88. The summed E-state index contributed by atoms with van der Waals surface area (Å²) >= 11 is 0. The van der Waals surface area contributed by atoms with Crippen LogP contribution in [0.4, 0.5) is 0 Å². The van der Waals surface area contributed by atoms with E-state index in [0.29, 0.717) is 11.7 Å². The summed E-state index contributed by atoms with van der Waals surface area (Å²) < 4.78 is 27.5. The van der Waals surface area contributed by atoms with Crippen LogP contribution >= 0.6 is 0 Å². The fourth-order valence-electron chi connectivity index (χ4n) is 3.73. The van der Waals surface area contributed by atoms with Crippen molar-refractivity contribution in [2.75, 3.05) is 5.75 Å². The van der Waals surface area contributed by atoms with Crippen LogP contribution in [0.1, 0.15) is 58.3 Å². The smallest absolute Gasteiger partial charge is 0.237 e. The molecule has 1 unspecified atom stereocenters. The van der Waals surface area contributed by atoms with Crippen LogP contribution in [0.3, 0.4) is 0 Å². The predicted octanol–water partition coefficient (Wildman–Crippen LogP) is 2.87. The predicted molar refractivity (Wildman–Crippen MR) is 110 cm³/mol. The number of nitrogens with one attached hydrogen (secondary N) is 3. The first-order chi connectivity index (χ1) is 13.2. The van der Waals surface area contributed by atoms with E-state index in [4.69, 9.17) is 0 Å². The highest BCUT2D eigenvalue weighted by molar-refractivity contribution is 7.90. The van der Waals surface area contributed by atoms with Gasteiger partial charge < -0.3 is 10.3 Å². The Morgan fingerprint density at radius 1 is 1.21 bits per heavy atom. The van der Waals surface area contributed by atoms with E-state index in [-0.39, 0.29) is 18.0 Å². The summed E-state index contributed by atoms with van der Waals surface area (Å²) in [6.45, 7) is 6.12. The van der Waals surface area contributed by atoms with Gasteiger partial charge in [-0.05, 0) is 49.7 Å². The van der Waals surface area contributed by atoms with E-state index in [9.17, 15) is 13.2 Å². The summed E-state index contributed by atoms with van der Waals surface area (Å²) in [5, 5.41) is 2.84. The van der Waals surface area contributed by atoms with Gasteiger partial charge in [0.15, 0.2) is 0 Å². The van der Waals surface area contributed by atoms with Crippen LogP contribution in [-0.4, -0.2) is 36.1 Å². The normalized spacial score (nSPS) is 21.7. The van der Waals surface area contributed by atoms with Gasteiger partial charge in [-0.25, -0.2) is 18.1 Å². The maximum absolute atomic E-state index is 12.5. The number of aromatic amines is 1. The molecule has 0 spiro atoms. The van der Waals surface area contributed by atoms with E-state index in [1.165, 1.54) is 0 Å². The number of carbonyl (C=O) groups is 1. The number of hydrogen-bond donors (Lipinski definition) is 3. The maximum atomic E-state index is 12.5. The molecule has 3 rings (SSSR count). The Labute approximate surface area is 166 Å². The lowest BCUT2D eigenvalue weighted by Crippen LogP contribution is -2.43. The second-order valence-corrected chi connectivity index (χ2v) is 10.0. The first kappa shape index (κ1) is 20.8. The van der Waals surface area contributed by atoms with Crippen molar-refractivity contribution >= 4 is 27.0 Å². The van der Waals surface area contributed by atoms with Crippen molar-refractivity contribution in [1.29, 1.82) is 0 Å². The molecular weight excluding hydrogens is 376 g/mol. The summed E-state index contributed by atoms with van der Waals surface area (Å²) in [6.07, 6.45) is 3.69. The molecule has 7 nitrogen and oxygen atoms in total. The molecule has 1 saturated carbocycles. The van der Waals surface area contributed by atoms with Crippen LogP contribution in [0.15, 0.2) is 24.3 Å². The van der Waals surface area contributed by atoms with Crippen molar-refractivity contribution in [3.05, 3.63) is 30.1 Å². The molecule has 0 bridgehead atoms. The second-order valence-electron chi connectivity index (χ2n) is 8.26. The number of rotatable bonds is 7. The fourth-order valence-corrected chi connectivity index (χ4v) is 4.99. The number of benzene rings is 1. The van der Waals surface area contributed by atoms with Gasteiger partial charge in [-0.15, -0.1) is 0 Å². The topological polar surface area (TPSA) is 104 Å². The minimum atomic E-state index is -3.67. The summed E-state index contributed by atoms with van der Waals surface area (Å²) in [4.78, 5) is 20.3. The number of sulfonamides is 1. The summed E-state index contributed by atoms with van der Waals surface area (Å²) in [5.41, 5.74) is 1.71. The number of nitrogens with zero attached hydrogens (tertiary/aromatic N) is 1. The third kappa shape index (κ3) is 5.32. The highest BCUT2D eigenvalue weighted by Gasteiger charge is 2.27. The molecule has 1 fully saturated rings. The first-order valence-electron chi connectivity index (χ1n) is 9.97. The number of H-pyrrole nitrogens is 1. The Balaban J connectivity index is 1.63. The zero-order valence-corrected chi connectivity index (χ0v) is 17.6. The van der Waals surface area contributed by atoms with Crippen LogP contribution in [0, 0.1) is 11.8 Å². The van der Waals surface area contributed by atoms with E-state index >= 15 is 0 Å². The highest BCUT2D eigenvalue weighted by atomic mass is 32.2. The second kappa shape index (κ2) is 8.61. The minimum Gasteiger partial charge on any atom is -0.345 e. The van der Waals surface area contributed by atoms with Crippen molar-refractivity contribution in [1.82, 2.24) is 20.0 Å². The van der Waals surface area contributed by atoms with Gasteiger partial charge in [0.05, 0.1) is 17.1 Å². The molecule has 1 atom stereocenters. The lowest BCUT2D eigenvalue weighted by Gasteiger charge is -2.26. The van der Waals surface area contributed by atoms with Crippen molar-refractivity contribution in [3.63, 3.8) is 0 Å². The van der Waals surface area contributed by atoms with Crippen LogP contribution in [0.2, 0.25) is 0 Å². The zero-order valence-electron chi connectivity index (χ0n) is 16.7. The molecule has 1 amide bonds. The minimum absolute atomic E-state index is 0.0556. The molecule has 1 aliphatic rings. The van der Waals surface area contributed by atoms with Crippen LogP contribution < -0.4 is 10.0 Å². The van der Waals surface area contributed by atoms with E-state index in [0.717, 1.165) is 36.7 Å². The number of fused-ring (bicyclic) bond motifs is 1. The Bertz CT molecular complexity index is 881. The van der Waals surface area contributed by atoms with Gasteiger partial charge in [-0.2, -0.15) is 0 Å². The third-order valence-electron chi connectivity index (χ3n) is 5.37. The van der Waals surface area contributed by atoms with E-state index < -0.39 is 21.7 Å². The van der Waals surface area contributed by atoms with Gasteiger partial charge in [0.2, 0.25) is 15.9 Å². The Morgan fingerprint density at radius 3 is 2.54 bits per heavy atom. The van der Waals surface area contributed by atoms with Gasteiger partial charge in [0.1, 0.15) is 11.6 Å². The first-order valence-corrected chi connectivity index (χ1v) is 11.6. The molecule has 8 heteroatoms. The molecule has 1 aromatic heterocycles. The number of carbonyl (C=O) groups excluding carboxylic acids is 1. The number of aromatic nitrogens is 2. The van der Waals surface area contributed by atoms with Crippen LogP contribution in [0.5, 0.6) is 0 Å². The van der Waals surface area contributed by atoms with Crippen molar-refractivity contribution in [2.45, 2.75) is 58.5 Å². The molecule has 3 N–H and O–H groups in total. The molecule has 0 aliphatic heterocycles. The Kier molecular flexibility index (Phi) is 6.40. The average Bonchev–Trinajstić information content (AvgIpc) is 3.04. The van der Waals surface area contributed by atoms with Crippen molar-refractivity contribution < 1.29 is 13.2 Å². The molecule has 0 radical (unpaired) electrons. The van der Waals surface area contributed by atoms with Crippen molar-refractivity contribution in [3.8, 4) is 0 Å². The molecular formula is C20H30N4O3S. The quantitative estimate of drug-likeness (QED) is 0.658. The van der Waals surface area contributed by atoms with Crippen LogP contribution in [0.25, 0.3) is 11.0 Å². The molecule has 2 aromatic rings. The van der Waals surface area contributed by atoms with E-state index in [1.807, 2.05) is 38.1 Å². The monoisotopic (exact) mass is 406 g/mol. The molecule has 28 heavy (non-hydrogen) atoms. The molecule has 154 valence electrons. The highest BCUT2D eigenvalue weighted by Crippen LogP contribution is 2.24. The number of imidazole rings is 1. The van der Waals surface area contributed by atoms with E-state index in [1.54, 1.807) is 0 Å². The molecule has 1 aliphatic carbocycles. The SMILES string of the molecule is CC1CCC(NS(=O)(=O)CC(=O)NC(c2nc3ccccc3[nH]2)C(C)C)CC1. The van der Waals surface area contributed by atoms with Gasteiger partial charge in [-0.1, -0.05) is 32.9 Å². The van der Waals surface area contributed by atoms with Gasteiger partial charge >= 0.3 is 0 Å². The summed E-state index contributed by atoms with van der Waals surface area (Å²) in [5.74, 6) is 0.245. The number of para-hydroxylation sites is 2. The summed E-state index contributed by atoms with van der Waals surface area (Å²) in [7, 11) is -3.67. The standard InChI is InChI=1S/C20H30N4O3S/c1-13(2)19(20-21-16-6-4-5-7-17(16)22-20)23-18(25)12-28(26,27)24-15-10-8-14(3)9-11-15/h4-7,13-15,19,24H,8-12H2,1-3H3,(H,21,22)(H,23,25). The molecule has 1 aromatic carbocycles. The molecule has 1 heterocycles. The Hall–Kier alpha value is -1.93. The van der Waals surface area contributed by atoms with Gasteiger partial charge in [-0.3, -0.25) is 4.79 Å². The fraction of sp³-hybridized carbons (Fsp3) is 0.600. The van der Waals surface area contributed by atoms with Crippen molar-refractivity contribution in [2.24, 2.45) is 11.8 Å². The van der Waals surface area contributed by atoms with Gasteiger partial charge in [0, 0.05) is 6.04 Å². The lowest BCUT2D eigenvalue weighted by molar-refractivity contribution is -0.119. The average molecular weight is 407 g/mol. The van der Waals surface area contributed by atoms with E-state index in [2.05, 4.69) is 26.9 Å².